The molecule has 14 nitrogen and oxygen atoms in total. The highest BCUT2D eigenvalue weighted by Gasteiger charge is 2.11. The zero-order chi connectivity index (χ0) is 29.1. The number of hydrogen-bond acceptors (Lipinski definition) is 10. The Labute approximate surface area is 222 Å². The number of aliphatic hydroxyl groups excluding tert-OH is 1. The lowest BCUT2D eigenvalue weighted by Gasteiger charge is -2.22. The van der Waals surface area contributed by atoms with E-state index in [1.165, 1.54) is 23.9 Å². The van der Waals surface area contributed by atoms with Gasteiger partial charge in [-0.3, -0.25) is 23.6 Å². The highest BCUT2D eigenvalue weighted by molar-refractivity contribution is 6.27. The van der Waals surface area contributed by atoms with Gasteiger partial charge in [-0.1, -0.05) is 6.07 Å². The van der Waals surface area contributed by atoms with Crippen molar-refractivity contribution < 1.29 is 34.1 Å². The van der Waals surface area contributed by atoms with E-state index in [0.717, 1.165) is 4.57 Å². The number of carboxylic acids is 2. The van der Waals surface area contributed by atoms with Gasteiger partial charge in [-0.15, -0.1) is 0 Å². The maximum Gasteiger partial charge on any atom is 0.414 e. The molecule has 0 fully saturated rings. The molecule has 0 radical (unpaired) electrons. The minimum atomic E-state index is -1.82. The predicted molar refractivity (Wildman–Crippen MR) is 142 cm³/mol. The van der Waals surface area contributed by atoms with Crippen molar-refractivity contribution in [3.05, 3.63) is 67.2 Å². The molecule has 0 aliphatic heterocycles. The normalized spacial score (nSPS) is 10.7. The Morgan fingerprint density at radius 3 is 2.38 bits per heavy atom. The molecule has 0 spiro atoms. The summed E-state index contributed by atoms with van der Waals surface area (Å²) in [5, 5.41) is 27.7. The van der Waals surface area contributed by atoms with Crippen LogP contribution in [0.3, 0.4) is 0 Å². The lowest BCUT2D eigenvalue weighted by atomic mass is 10.1. The number of anilines is 1. The first-order valence-corrected chi connectivity index (χ1v) is 11.9. The molecule has 0 aliphatic carbocycles. The van der Waals surface area contributed by atoms with Crippen LogP contribution in [-0.2, 0) is 23.7 Å². The van der Waals surface area contributed by atoms with E-state index in [1.807, 2.05) is 0 Å². The van der Waals surface area contributed by atoms with Crippen LogP contribution in [0.4, 0.5) is 5.82 Å². The molecule has 0 saturated heterocycles. The first-order chi connectivity index (χ1) is 18.5. The summed E-state index contributed by atoms with van der Waals surface area (Å²) in [6.07, 6.45) is 2.12. The molecule has 0 bridgehead atoms. The Hall–Kier alpha value is -4.43. The Kier molecular flexibility index (Phi) is 11.4. The van der Waals surface area contributed by atoms with Crippen molar-refractivity contribution in [2.45, 2.75) is 13.3 Å². The van der Waals surface area contributed by atoms with E-state index in [9.17, 15) is 19.5 Å². The van der Waals surface area contributed by atoms with Crippen molar-refractivity contribution in [1.29, 1.82) is 0 Å². The summed E-state index contributed by atoms with van der Waals surface area (Å²) in [6.45, 7) is 4.34. The molecule has 2 aromatic heterocycles. The summed E-state index contributed by atoms with van der Waals surface area (Å²) in [4.78, 5) is 56.6. The van der Waals surface area contributed by atoms with Crippen molar-refractivity contribution in [2.75, 3.05) is 44.7 Å². The summed E-state index contributed by atoms with van der Waals surface area (Å²) in [7, 11) is 3.04. The van der Waals surface area contributed by atoms with Crippen molar-refractivity contribution >= 4 is 28.7 Å². The third-order valence-electron chi connectivity index (χ3n) is 5.67. The number of ether oxygens (including phenoxy) is 1. The molecule has 212 valence electrons. The zero-order valence-corrected chi connectivity index (χ0v) is 21.9. The van der Waals surface area contributed by atoms with Crippen LogP contribution >= 0.6 is 0 Å². The van der Waals surface area contributed by atoms with Gasteiger partial charge in [-0.2, -0.15) is 0 Å². The highest BCUT2D eigenvalue weighted by Crippen LogP contribution is 2.23. The van der Waals surface area contributed by atoms with Crippen LogP contribution in [0.25, 0.3) is 11.0 Å². The zero-order valence-electron chi connectivity index (χ0n) is 21.9. The lowest BCUT2D eigenvalue weighted by Crippen LogP contribution is -2.38. The average Bonchev–Trinajstić information content (AvgIpc) is 2.90. The van der Waals surface area contributed by atoms with Gasteiger partial charge in [0, 0.05) is 51.9 Å². The summed E-state index contributed by atoms with van der Waals surface area (Å²) in [5.41, 5.74) is 0.134. The van der Waals surface area contributed by atoms with Crippen LogP contribution in [0.1, 0.15) is 12.0 Å². The van der Waals surface area contributed by atoms with Gasteiger partial charge in [0.15, 0.2) is 5.43 Å². The number of benzene rings is 1. The van der Waals surface area contributed by atoms with Gasteiger partial charge in [-0.05, 0) is 25.5 Å². The maximum absolute atomic E-state index is 12.5. The molecule has 1 aromatic carbocycles. The molecule has 3 rings (SSSR count). The fourth-order valence-electron chi connectivity index (χ4n) is 3.55. The van der Waals surface area contributed by atoms with E-state index in [0.29, 0.717) is 67.3 Å². The number of nitrogens with one attached hydrogen (secondary N) is 1. The number of aryl methyl sites for hydroxylation is 1. The van der Waals surface area contributed by atoms with Gasteiger partial charge in [0.05, 0.1) is 19.5 Å². The molecule has 2 heterocycles. The first kappa shape index (κ1) is 30.8. The quantitative estimate of drug-likeness (QED) is 0.183. The van der Waals surface area contributed by atoms with E-state index in [1.54, 1.807) is 32.2 Å². The van der Waals surface area contributed by atoms with E-state index in [-0.39, 0.29) is 17.6 Å². The van der Waals surface area contributed by atoms with Gasteiger partial charge in [0.2, 0.25) is 0 Å². The first-order valence-electron chi connectivity index (χ1n) is 11.9. The second kappa shape index (κ2) is 14.5. The van der Waals surface area contributed by atoms with E-state index >= 15 is 0 Å². The Morgan fingerprint density at radius 1 is 1.05 bits per heavy atom. The third kappa shape index (κ3) is 8.55. The van der Waals surface area contributed by atoms with Crippen LogP contribution in [0.5, 0.6) is 5.75 Å². The van der Waals surface area contributed by atoms with Gasteiger partial charge in [0.25, 0.3) is 5.56 Å². The smallest absolute Gasteiger partial charge is 0.414 e. The molecule has 4 N–H and O–H groups in total. The Morgan fingerprint density at radius 2 is 1.74 bits per heavy atom. The van der Waals surface area contributed by atoms with Crippen LogP contribution in [-0.4, -0.2) is 80.7 Å². The summed E-state index contributed by atoms with van der Waals surface area (Å²) in [6, 6.07) is 6.65. The SMILES string of the molecule is Cc1coc2cccc(OCCCN(CCO)CCNc3cc(=O)n(C)c(=O)n3C)c2c1=O.O=C(O)C(=O)O. The number of nitrogens with zero attached hydrogens (tertiary/aromatic N) is 3. The van der Waals surface area contributed by atoms with Crippen molar-refractivity contribution in [1.82, 2.24) is 14.0 Å². The van der Waals surface area contributed by atoms with Crippen LogP contribution < -0.4 is 26.7 Å². The Bertz CT molecular complexity index is 1460. The molecule has 39 heavy (non-hydrogen) atoms. The number of aliphatic carboxylic acids is 2. The summed E-state index contributed by atoms with van der Waals surface area (Å²) < 4.78 is 13.8. The second-order valence-electron chi connectivity index (χ2n) is 8.45. The molecular weight excluding hydrogens is 516 g/mol. The van der Waals surface area contributed by atoms with E-state index in [4.69, 9.17) is 29.0 Å². The van der Waals surface area contributed by atoms with Crippen LogP contribution in [0.2, 0.25) is 0 Å². The topological polar surface area (TPSA) is 194 Å². The van der Waals surface area contributed by atoms with Gasteiger partial charge in [-0.25, -0.2) is 14.4 Å². The number of hydrogen-bond donors (Lipinski definition) is 4. The van der Waals surface area contributed by atoms with Crippen molar-refractivity contribution in [2.24, 2.45) is 14.1 Å². The molecule has 14 heteroatoms. The number of carbonyl (C=O) groups is 2. The molecule has 0 saturated carbocycles. The van der Waals surface area contributed by atoms with Crippen LogP contribution in [0.15, 0.2) is 49.3 Å². The lowest BCUT2D eigenvalue weighted by molar-refractivity contribution is -0.159. The standard InChI is InChI=1S/C23H30N4O6.C2H2O4/c1-16-15-33-18-7-4-6-17(21(18)22(16)30)32-13-5-9-27(11-12-28)10-8-24-19-14-20(29)26(3)23(31)25(19)2;3-1(4)2(5)6/h4,6-7,14-15,24,28H,5,8-13H2,1-3H3;(H,3,4)(H,5,6). The summed E-state index contributed by atoms with van der Waals surface area (Å²) >= 11 is 0. The molecular formula is C25H32N4O10. The second-order valence-corrected chi connectivity index (χ2v) is 8.45. The van der Waals surface area contributed by atoms with Crippen molar-refractivity contribution in [3.63, 3.8) is 0 Å². The van der Waals surface area contributed by atoms with E-state index < -0.39 is 17.6 Å². The van der Waals surface area contributed by atoms with Gasteiger partial charge < -0.3 is 29.8 Å². The third-order valence-corrected chi connectivity index (χ3v) is 5.67. The highest BCUT2D eigenvalue weighted by atomic mass is 16.5. The van der Waals surface area contributed by atoms with Gasteiger partial charge in [0.1, 0.15) is 22.5 Å². The number of rotatable bonds is 11. The Balaban J connectivity index is 0.000000798. The largest absolute Gasteiger partial charge is 0.493 e. The number of carboxylic acid groups (broad SMARTS) is 2. The monoisotopic (exact) mass is 548 g/mol. The van der Waals surface area contributed by atoms with Gasteiger partial charge >= 0.3 is 17.6 Å². The van der Waals surface area contributed by atoms with Crippen LogP contribution in [0, 0.1) is 6.92 Å². The average molecular weight is 549 g/mol. The molecule has 3 aromatic rings. The fraction of sp³-hybridized carbons (Fsp3) is 0.400. The van der Waals surface area contributed by atoms with E-state index in [2.05, 4.69) is 10.2 Å². The molecule has 0 unspecified atom stereocenters. The maximum atomic E-state index is 12.5. The number of aromatic nitrogens is 2. The molecule has 0 amide bonds. The molecule has 0 aliphatic rings. The minimum absolute atomic E-state index is 0.00880. The number of fused-ring (bicyclic) bond motifs is 1. The fourth-order valence-corrected chi connectivity index (χ4v) is 3.55. The summed E-state index contributed by atoms with van der Waals surface area (Å²) in [5.74, 6) is -2.71. The van der Waals surface area contributed by atoms with Crippen molar-refractivity contribution in [3.8, 4) is 5.75 Å². The predicted octanol–water partition coefficient (Wildman–Crippen LogP) is -0.170. The molecule has 0 atom stereocenters. The minimum Gasteiger partial charge on any atom is -0.493 e. The number of aliphatic hydroxyl groups is 1.